The van der Waals surface area contributed by atoms with Crippen LogP contribution in [0.3, 0.4) is 0 Å². The maximum Gasteiger partial charge on any atom is 0.408 e. The van der Waals surface area contributed by atoms with Gasteiger partial charge >= 0.3 is 6.09 Å². The molecule has 2 aromatic carbocycles. The average Bonchev–Trinajstić information content (AvgIpc) is 2.55. The highest BCUT2D eigenvalue weighted by Crippen LogP contribution is 2.22. The van der Waals surface area contributed by atoms with Crippen LogP contribution in [0, 0.1) is 0 Å². The highest BCUT2D eigenvalue weighted by atomic mass is 16.4. The van der Waals surface area contributed by atoms with Crippen LogP contribution in [-0.4, -0.2) is 34.1 Å². The lowest BCUT2D eigenvalue weighted by atomic mass is 9.98. The van der Waals surface area contributed by atoms with Crippen LogP contribution in [-0.2, 0) is 11.3 Å². The van der Waals surface area contributed by atoms with Crippen molar-refractivity contribution in [3.05, 3.63) is 60.2 Å². The van der Waals surface area contributed by atoms with Crippen LogP contribution in [0.4, 0.5) is 4.79 Å². The summed E-state index contributed by atoms with van der Waals surface area (Å²) < 4.78 is 0. The minimum atomic E-state index is -1.08. The summed E-state index contributed by atoms with van der Waals surface area (Å²) >= 11 is 0. The molecule has 118 valence electrons. The Morgan fingerprint density at radius 2 is 1.70 bits per heavy atom. The Morgan fingerprint density at radius 3 is 2.22 bits per heavy atom. The van der Waals surface area contributed by atoms with Crippen LogP contribution < -0.4 is 5.32 Å². The van der Waals surface area contributed by atoms with Crippen LogP contribution in [0.15, 0.2) is 54.6 Å². The number of carboxylic acid groups (broad SMARTS) is 1. The molecule has 0 bridgehead atoms. The highest BCUT2D eigenvalue weighted by molar-refractivity contribution is 5.91. The monoisotopic (exact) mass is 310 g/mol. The Balaban J connectivity index is 1.76. The first-order valence-electron chi connectivity index (χ1n) is 7.50. The van der Waals surface area contributed by atoms with E-state index in [0.717, 1.165) is 16.7 Å². The topological polar surface area (TPSA) is 69.6 Å². The third-order valence-electron chi connectivity index (χ3n) is 4.11. The summed E-state index contributed by atoms with van der Waals surface area (Å²) in [5.74, 6) is -0.235. The fraction of sp³-hybridized carbons (Fsp3) is 0.222. The van der Waals surface area contributed by atoms with Gasteiger partial charge in [-0.25, -0.2) is 4.79 Å². The molecule has 5 heteroatoms. The van der Waals surface area contributed by atoms with Crippen molar-refractivity contribution in [2.45, 2.75) is 25.6 Å². The molecule has 2 amide bonds. The summed E-state index contributed by atoms with van der Waals surface area (Å²) in [6, 6.07) is 17.0. The lowest BCUT2D eigenvalue weighted by Gasteiger charge is -2.40. The van der Waals surface area contributed by atoms with Crippen LogP contribution in [0.5, 0.6) is 0 Å². The van der Waals surface area contributed by atoms with Gasteiger partial charge in [-0.05, 0) is 23.6 Å². The summed E-state index contributed by atoms with van der Waals surface area (Å²) in [4.78, 5) is 24.3. The number of rotatable bonds is 4. The number of nitrogens with one attached hydrogen (secondary N) is 1. The Kier molecular flexibility index (Phi) is 4.02. The van der Waals surface area contributed by atoms with E-state index in [1.54, 1.807) is 6.92 Å². The van der Waals surface area contributed by atoms with E-state index in [-0.39, 0.29) is 18.5 Å². The van der Waals surface area contributed by atoms with E-state index in [0.29, 0.717) is 0 Å². The zero-order chi connectivity index (χ0) is 16.4. The van der Waals surface area contributed by atoms with Gasteiger partial charge in [0.15, 0.2) is 0 Å². The van der Waals surface area contributed by atoms with Gasteiger partial charge in [0.2, 0.25) is 5.91 Å². The number of carbonyl (C=O) groups is 2. The molecule has 1 aliphatic heterocycles. The van der Waals surface area contributed by atoms with Crippen LogP contribution in [0.1, 0.15) is 12.5 Å². The second-order valence-electron chi connectivity index (χ2n) is 5.72. The number of hydrogen-bond donors (Lipinski definition) is 2. The lowest BCUT2D eigenvalue weighted by Crippen LogP contribution is -2.68. The Hall–Kier alpha value is -2.82. The molecule has 3 rings (SSSR count). The Bertz CT molecular complexity index is 713. The predicted molar refractivity (Wildman–Crippen MR) is 86.8 cm³/mol. The molecule has 2 atom stereocenters. The van der Waals surface area contributed by atoms with Gasteiger partial charge in [-0.2, -0.15) is 0 Å². The van der Waals surface area contributed by atoms with Gasteiger partial charge in [-0.1, -0.05) is 54.6 Å². The van der Waals surface area contributed by atoms with E-state index in [1.165, 1.54) is 4.90 Å². The first kappa shape index (κ1) is 15.1. The third-order valence-corrected chi connectivity index (χ3v) is 4.11. The minimum absolute atomic E-state index is 0.151. The summed E-state index contributed by atoms with van der Waals surface area (Å²) in [5.41, 5.74) is 3.05. The predicted octanol–water partition coefficient (Wildman–Crippen LogP) is 2.72. The smallest absolute Gasteiger partial charge is 0.408 e. The number of hydrogen-bond acceptors (Lipinski definition) is 2. The van der Waals surface area contributed by atoms with Gasteiger partial charge in [0.1, 0.15) is 6.04 Å². The molecule has 1 heterocycles. The summed E-state index contributed by atoms with van der Waals surface area (Å²) in [5, 5.41) is 12.0. The molecule has 23 heavy (non-hydrogen) atoms. The lowest BCUT2D eigenvalue weighted by molar-refractivity contribution is -0.136. The first-order chi connectivity index (χ1) is 11.1. The second-order valence-corrected chi connectivity index (χ2v) is 5.72. The first-order valence-corrected chi connectivity index (χ1v) is 7.50. The second kappa shape index (κ2) is 6.12. The van der Waals surface area contributed by atoms with Gasteiger partial charge in [-0.3, -0.25) is 9.69 Å². The number of benzene rings is 2. The molecule has 2 N–H and O–H groups in total. The number of carbonyl (C=O) groups excluding carboxylic acids is 1. The zero-order valence-electron chi connectivity index (χ0n) is 12.8. The fourth-order valence-electron chi connectivity index (χ4n) is 2.85. The molecule has 1 fully saturated rings. The van der Waals surface area contributed by atoms with Crippen molar-refractivity contribution in [2.75, 3.05) is 0 Å². The number of amides is 2. The van der Waals surface area contributed by atoms with Gasteiger partial charge < -0.3 is 10.4 Å². The number of nitrogens with zero attached hydrogens (tertiary/aromatic N) is 1. The van der Waals surface area contributed by atoms with Gasteiger partial charge in [0.05, 0.1) is 6.04 Å². The maximum absolute atomic E-state index is 11.6. The van der Waals surface area contributed by atoms with Crippen molar-refractivity contribution in [1.82, 2.24) is 10.2 Å². The van der Waals surface area contributed by atoms with E-state index in [9.17, 15) is 14.7 Å². The standard InChI is InChI=1S/C18H18N2O3/c1-12-16(17(21)19-12)20(18(22)23)11-13-7-9-15(10-8-13)14-5-3-2-4-6-14/h2-10,12,16H,11H2,1H3,(H,19,21)(H,22,23)/t12-,16-/m0/s1. The molecular formula is C18H18N2O3. The van der Waals surface area contributed by atoms with Crippen molar-refractivity contribution in [2.24, 2.45) is 0 Å². The van der Waals surface area contributed by atoms with Crippen LogP contribution in [0.2, 0.25) is 0 Å². The van der Waals surface area contributed by atoms with Gasteiger partial charge in [0, 0.05) is 6.54 Å². The molecule has 1 aliphatic rings. The summed E-state index contributed by atoms with van der Waals surface area (Å²) in [7, 11) is 0. The minimum Gasteiger partial charge on any atom is -0.465 e. The van der Waals surface area contributed by atoms with Crippen LogP contribution >= 0.6 is 0 Å². The van der Waals surface area contributed by atoms with E-state index < -0.39 is 12.1 Å². The largest absolute Gasteiger partial charge is 0.465 e. The molecule has 0 aromatic heterocycles. The van der Waals surface area contributed by atoms with Crippen molar-refractivity contribution in [3.63, 3.8) is 0 Å². The van der Waals surface area contributed by atoms with Gasteiger partial charge in [0.25, 0.3) is 0 Å². The highest BCUT2D eigenvalue weighted by Gasteiger charge is 2.42. The summed E-state index contributed by atoms with van der Waals surface area (Å²) in [6.07, 6.45) is -1.08. The van der Waals surface area contributed by atoms with E-state index in [4.69, 9.17) is 0 Å². The SMILES string of the molecule is C[C@@H]1NC(=O)[C@H]1N(Cc1ccc(-c2ccccc2)cc1)C(=O)O. The molecule has 0 radical (unpaired) electrons. The summed E-state index contributed by atoms with van der Waals surface area (Å²) in [6.45, 7) is 2.01. The molecule has 1 saturated heterocycles. The van der Waals surface area contributed by atoms with Crippen LogP contribution in [0.25, 0.3) is 11.1 Å². The fourth-order valence-corrected chi connectivity index (χ4v) is 2.85. The molecule has 5 nitrogen and oxygen atoms in total. The number of β-lactam (4-membered cyclic amide) rings is 1. The van der Waals surface area contributed by atoms with Crippen molar-refractivity contribution in [1.29, 1.82) is 0 Å². The Morgan fingerprint density at radius 1 is 1.09 bits per heavy atom. The maximum atomic E-state index is 11.6. The average molecular weight is 310 g/mol. The molecule has 0 saturated carbocycles. The van der Waals surface area contributed by atoms with Crippen molar-refractivity contribution in [3.8, 4) is 11.1 Å². The molecule has 0 spiro atoms. The molecule has 2 aromatic rings. The molecule has 0 aliphatic carbocycles. The van der Waals surface area contributed by atoms with E-state index >= 15 is 0 Å². The van der Waals surface area contributed by atoms with Crippen molar-refractivity contribution < 1.29 is 14.7 Å². The van der Waals surface area contributed by atoms with Gasteiger partial charge in [-0.15, -0.1) is 0 Å². The van der Waals surface area contributed by atoms with E-state index in [2.05, 4.69) is 5.32 Å². The quantitative estimate of drug-likeness (QED) is 0.853. The van der Waals surface area contributed by atoms with Crippen molar-refractivity contribution >= 4 is 12.0 Å². The molecular weight excluding hydrogens is 292 g/mol. The zero-order valence-corrected chi connectivity index (χ0v) is 12.8. The molecule has 0 unspecified atom stereocenters. The van der Waals surface area contributed by atoms with E-state index in [1.807, 2.05) is 54.6 Å². The normalized spacial score (nSPS) is 19.6. The Labute approximate surface area is 134 Å². The third kappa shape index (κ3) is 3.04.